The van der Waals surface area contributed by atoms with E-state index in [1.807, 2.05) is 0 Å². The van der Waals surface area contributed by atoms with Gasteiger partial charge in [-0.1, -0.05) is 13.3 Å². The molecule has 2 unspecified atom stereocenters. The summed E-state index contributed by atoms with van der Waals surface area (Å²) in [7, 11) is 0. The molecule has 2 aliphatic carbocycles. The Balaban J connectivity index is 1.80. The van der Waals surface area contributed by atoms with Crippen LogP contribution in [0.1, 0.15) is 32.6 Å². The van der Waals surface area contributed by atoms with Crippen molar-refractivity contribution in [3.05, 3.63) is 0 Å². The third kappa shape index (κ3) is 1.57. The first-order chi connectivity index (χ1) is 6.22. The van der Waals surface area contributed by atoms with Crippen LogP contribution in [0.2, 0.25) is 0 Å². The van der Waals surface area contributed by atoms with Gasteiger partial charge in [0.2, 0.25) is 5.91 Å². The minimum absolute atomic E-state index is 0.166. The molecule has 0 aromatic heterocycles. The molecule has 3 N–H and O–H groups in total. The fraction of sp³-hybridized carbons (Fsp3) is 0.900. The van der Waals surface area contributed by atoms with Gasteiger partial charge in [-0.05, 0) is 25.2 Å². The predicted molar refractivity (Wildman–Crippen MR) is 51.1 cm³/mol. The maximum atomic E-state index is 11.7. The van der Waals surface area contributed by atoms with E-state index >= 15 is 0 Å². The summed E-state index contributed by atoms with van der Waals surface area (Å²) in [6.45, 7) is 2.69. The third-order valence-electron chi connectivity index (χ3n) is 3.49. The SMILES string of the molecule is CCC1CC1NC(=O)C1(CN)CC1. The van der Waals surface area contributed by atoms with E-state index in [9.17, 15) is 4.79 Å². The maximum absolute atomic E-state index is 11.7. The minimum atomic E-state index is -0.166. The molecule has 0 saturated heterocycles. The lowest BCUT2D eigenvalue weighted by atomic mass is 10.1. The van der Waals surface area contributed by atoms with Crippen LogP contribution in [0.3, 0.4) is 0 Å². The van der Waals surface area contributed by atoms with Crippen LogP contribution in [0.15, 0.2) is 0 Å². The summed E-state index contributed by atoms with van der Waals surface area (Å²) < 4.78 is 0. The van der Waals surface area contributed by atoms with E-state index in [4.69, 9.17) is 5.73 Å². The first kappa shape index (κ1) is 9.00. The van der Waals surface area contributed by atoms with Crippen LogP contribution in [-0.2, 0) is 4.79 Å². The van der Waals surface area contributed by atoms with Gasteiger partial charge in [0.1, 0.15) is 0 Å². The average molecular weight is 182 g/mol. The molecule has 3 heteroatoms. The second-order valence-electron chi connectivity index (χ2n) is 4.47. The van der Waals surface area contributed by atoms with Crippen molar-refractivity contribution < 1.29 is 4.79 Å². The molecule has 2 rings (SSSR count). The van der Waals surface area contributed by atoms with Crippen molar-refractivity contribution >= 4 is 5.91 Å². The van der Waals surface area contributed by atoms with E-state index < -0.39 is 0 Å². The zero-order valence-corrected chi connectivity index (χ0v) is 8.18. The van der Waals surface area contributed by atoms with Crippen molar-refractivity contribution in [3.63, 3.8) is 0 Å². The summed E-state index contributed by atoms with van der Waals surface area (Å²) in [5.41, 5.74) is 5.41. The minimum Gasteiger partial charge on any atom is -0.353 e. The van der Waals surface area contributed by atoms with Gasteiger partial charge in [-0.15, -0.1) is 0 Å². The molecular formula is C10H18N2O. The van der Waals surface area contributed by atoms with Crippen LogP contribution in [0.5, 0.6) is 0 Å². The molecule has 2 fully saturated rings. The molecule has 13 heavy (non-hydrogen) atoms. The van der Waals surface area contributed by atoms with E-state index in [1.54, 1.807) is 0 Å². The van der Waals surface area contributed by atoms with Gasteiger partial charge in [-0.3, -0.25) is 4.79 Å². The van der Waals surface area contributed by atoms with Gasteiger partial charge >= 0.3 is 0 Å². The second-order valence-corrected chi connectivity index (χ2v) is 4.47. The van der Waals surface area contributed by atoms with Crippen LogP contribution in [0, 0.1) is 11.3 Å². The normalized spacial score (nSPS) is 34.0. The summed E-state index contributed by atoms with van der Waals surface area (Å²) in [5.74, 6) is 0.938. The molecule has 1 amide bonds. The Labute approximate surface area is 79.1 Å². The Bertz CT molecular complexity index is 223. The number of hydrogen-bond acceptors (Lipinski definition) is 2. The van der Waals surface area contributed by atoms with Gasteiger partial charge in [0.05, 0.1) is 5.41 Å². The number of nitrogens with two attached hydrogens (primary N) is 1. The number of amides is 1. The van der Waals surface area contributed by atoms with Crippen molar-refractivity contribution in [3.8, 4) is 0 Å². The van der Waals surface area contributed by atoms with Crippen LogP contribution >= 0.6 is 0 Å². The standard InChI is InChI=1S/C10H18N2O/c1-2-7-5-8(7)12-9(13)10(6-11)3-4-10/h7-8H,2-6,11H2,1H3,(H,12,13). The highest BCUT2D eigenvalue weighted by atomic mass is 16.2. The fourth-order valence-electron chi connectivity index (χ4n) is 1.87. The van der Waals surface area contributed by atoms with Crippen molar-refractivity contribution in [1.82, 2.24) is 5.32 Å². The number of rotatable bonds is 4. The number of carbonyl (C=O) groups is 1. The van der Waals surface area contributed by atoms with Crippen molar-refractivity contribution in [2.24, 2.45) is 17.1 Å². The van der Waals surface area contributed by atoms with E-state index in [2.05, 4.69) is 12.2 Å². The quantitative estimate of drug-likeness (QED) is 0.670. The molecular weight excluding hydrogens is 164 g/mol. The molecule has 0 aromatic rings. The first-order valence-corrected chi connectivity index (χ1v) is 5.23. The van der Waals surface area contributed by atoms with Crippen LogP contribution in [0.25, 0.3) is 0 Å². The Kier molecular flexibility index (Phi) is 2.06. The molecule has 2 atom stereocenters. The van der Waals surface area contributed by atoms with E-state index in [1.165, 1.54) is 12.8 Å². The molecule has 0 bridgehead atoms. The maximum Gasteiger partial charge on any atom is 0.227 e. The molecule has 3 nitrogen and oxygen atoms in total. The van der Waals surface area contributed by atoms with E-state index in [0.29, 0.717) is 12.6 Å². The van der Waals surface area contributed by atoms with E-state index in [-0.39, 0.29) is 11.3 Å². The molecule has 0 heterocycles. The van der Waals surface area contributed by atoms with Gasteiger partial charge in [0, 0.05) is 12.6 Å². The van der Waals surface area contributed by atoms with E-state index in [0.717, 1.165) is 18.8 Å². The van der Waals surface area contributed by atoms with Gasteiger partial charge in [-0.2, -0.15) is 0 Å². The van der Waals surface area contributed by atoms with Gasteiger partial charge in [0.15, 0.2) is 0 Å². The number of nitrogens with one attached hydrogen (secondary N) is 1. The Morgan fingerprint density at radius 1 is 1.62 bits per heavy atom. The van der Waals surface area contributed by atoms with Crippen LogP contribution < -0.4 is 11.1 Å². The van der Waals surface area contributed by atoms with Crippen molar-refractivity contribution in [2.75, 3.05) is 6.54 Å². The van der Waals surface area contributed by atoms with Crippen LogP contribution in [0.4, 0.5) is 0 Å². The van der Waals surface area contributed by atoms with Crippen molar-refractivity contribution in [2.45, 2.75) is 38.6 Å². The lowest BCUT2D eigenvalue weighted by Crippen LogP contribution is -2.38. The number of hydrogen-bond donors (Lipinski definition) is 2. The smallest absolute Gasteiger partial charge is 0.227 e. The molecule has 2 saturated carbocycles. The molecule has 0 aromatic carbocycles. The summed E-state index contributed by atoms with van der Waals surface area (Å²) in [6, 6.07) is 0.460. The fourth-order valence-corrected chi connectivity index (χ4v) is 1.87. The monoisotopic (exact) mass is 182 g/mol. The topological polar surface area (TPSA) is 55.1 Å². The lowest BCUT2D eigenvalue weighted by Gasteiger charge is -2.12. The number of carbonyl (C=O) groups excluding carboxylic acids is 1. The molecule has 74 valence electrons. The Morgan fingerprint density at radius 3 is 2.69 bits per heavy atom. The highest BCUT2D eigenvalue weighted by Crippen LogP contribution is 2.45. The predicted octanol–water partition coefficient (Wildman–Crippen LogP) is 0.640. The highest BCUT2D eigenvalue weighted by molar-refractivity contribution is 5.86. The summed E-state index contributed by atoms with van der Waals surface area (Å²) in [6.07, 6.45) is 4.32. The second kappa shape index (κ2) is 2.98. The first-order valence-electron chi connectivity index (χ1n) is 5.23. The zero-order valence-electron chi connectivity index (χ0n) is 8.18. The van der Waals surface area contributed by atoms with Gasteiger partial charge in [0.25, 0.3) is 0 Å². The Hall–Kier alpha value is -0.570. The van der Waals surface area contributed by atoms with Crippen LogP contribution in [-0.4, -0.2) is 18.5 Å². The Morgan fingerprint density at radius 2 is 2.31 bits per heavy atom. The molecule has 2 aliphatic rings. The average Bonchev–Trinajstić information content (AvgIpc) is 3.00. The molecule has 0 aliphatic heterocycles. The third-order valence-corrected chi connectivity index (χ3v) is 3.49. The largest absolute Gasteiger partial charge is 0.353 e. The summed E-state index contributed by atoms with van der Waals surface area (Å²) in [5, 5.41) is 3.09. The lowest BCUT2D eigenvalue weighted by molar-refractivity contribution is -0.126. The van der Waals surface area contributed by atoms with Gasteiger partial charge < -0.3 is 11.1 Å². The summed E-state index contributed by atoms with van der Waals surface area (Å²) in [4.78, 5) is 11.7. The summed E-state index contributed by atoms with van der Waals surface area (Å²) >= 11 is 0. The zero-order chi connectivity index (χ0) is 9.47. The van der Waals surface area contributed by atoms with Crippen molar-refractivity contribution in [1.29, 1.82) is 0 Å². The van der Waals surface area contributed by atoms with Gasteiger partial charge in [-0.25, -0.2) is 0 Å². The molecule has 0 radical (unpaired) electrons. The highest BCUT2D eigenvalue weighted by Gasteiger charge is 2.50. The molecule has 0 spiro atoms.